The summed E-state index contributed by atoms with van der Waals surface area (Å²) in [4.78, 5) is 15.1. The number of rotatable bonds is 1. The van der Waals surface area contributed by atoms with Gasteiger partial charge in [-0.15, -0.1) is 11.6 Å². The van der Waals surface area contributed by atoms with E-state index in [1.54, 1.807) is 0 Å². The molecule has 4 rings (SSSR count). The molecule has 3 unspecified atom stereocenters. The van der Waals surface area contributed by atoms with Gasteiger partial charge in [-0.2, -0.15) is 0 Å². The topological polar surface area (TPSA) is 32.3 Å². The third-order valence-electron chi connectivity index (χ3n) is 6.26. The van der Waals surface area contributed by atoms with Crippen molar-refractivity contribution in [2.24, 2.45) is 11.8 Å². The zero-order valence-corrected chi connectivity index (χ0v) is 14.0. The van der Waals surface area contributed by atoms with Crippen molar-refractivity contribution in [3.8, 4) is 0 Å². The molecule has 2 saturated carbocycles. The molecule has 0 bridgehead atoms. The SMILES string of the molecule is O=C1NC2/C(=C/C3CCC(Cl)CC3)CCN2C2CCCCC12. The van der Waals surface area contributed by atoms with Crippen molar-refractivity contribution >= 4 is 17.5 Å². The van der Waals surface area contributed by atoms with Crippen molar-refractivity contribution < 1.29 is 4.79 Å². The first-order valence-corrected chi connectivity index (χ1v) is 9.57. The third-order valence-corrected chi connectivity index (χ3v) is 6.70. The van der Waals surface area contributed by atoms with Gasteiger partial charge in [0.05, 0.1) is 5.92 Å². The van der Waals surface area contributed by atoms with E-state index in [0.717, 1.165) is 32.2 Å². The summed E-state index contributed by atoms with van der Waals surface area (Å²) in [6.07, 6.45) is 13.3. The quantitative estimate of drug-likeness (QED) is 0.592. The van der Waals surface area contributed by atoms with Gasteiger partial charge >= 0.3 is 0 Å². The van der Waals surface area contributed by atoms with Crippen molar-refractivity contribution in [3.05, 3.63) is 11.6 Å². The van der Waals surface area contributed by atoms with Crippen LogP contribution in [0.3, 0.4) is 0 Å². The van der Waals surface area contributed by atoms with Gasteiger partial charge < -0.3 is 5.32 Å². The van der Waals surface area contributed by atoms with E-state index in [1.807, 2.05) is 0 Å². The first-order valence-electron chi connectivity index (χ1n) is 9.13. The number of hydrogen-bond donors (Lipinski definition) is 1. The summed E-state index contributed by atoms with van der Waals surface area (Å²) in [5.41, 5.74) is 1.47. The Bertz CT molecular complexity index is 470. The fraction of sp³-hybridized carbons (Fsp3) is 0.833. The summed E-state index contributed by atoms with van der Waals surface area (Å²) in [6, 6.07) is 0.497. The normalized spacial score (nSPS) is 44.5. The Labute approximate surface area is 138 Å². The van der Waals surface area contributed by atoms with Crippen LogP contribution in [-0.4, -0.2) is 34.9 Å². The average Bonchev–Trinajstić information content (AvgIpc) is 2.93. The Morgan fingerprint density at radius 1 is 1.09 bits per heavy atom. The number of carbonyl (C=O) groups is 1. The summed E-state index contributed by atoms with van der Waals surface area (Å²) in [6.45, 7) is 1.13. The number of hydrogen-bond acceptors (Lipinski definition) is 2. The van der Waals surface area contributed by atoms with Gasteiger partial charge in [-0.3, -0.25) is 9.69 Å². The zero-order valence-electron chi connectivity index (χ0n) is 13.3. The molecule has 2 saturated heterocycles. The first kappa shape index (κ1) is 15.0. The van der Waals surface area contributed by atoms with E-state index in [1.165, 1.54) is 37.7 Å². The Kier molecular flexibility index (Phi) is 4.21. The predicted molar refractivity (Wildman–Crippen MR) is 88.7 cm³/mol. The maximum Gasteiger partial charge on any atom is 0.226 e. The van der Waals surface area contributed by atoms with E-state index in [4.69, 9.17) is 11.6 Å². The summed E-state index contributed by atoms with van der Waals surface area (Å²) in [7, 11) is 0. The largest absolute Gasteiger partial charge is 0.336 e. The van der Waals surface area contributed by atoms with Crippen molar-refractivity contribution in [1.29, 1.82) is 0 Å². The van der Waals surface area contributed by atoms with Crippen LogP contribution in [0, 0.1) is 11.8 Å². The molecular weight excluding hydrogens is 296 g/mol. The lowest BCUT2D eigenvalue weighted by molar-refractivity contribution is -0.135. The minimum Gasteiger partial charge on any atom is -0.336 e. The molecule has 0 aromatic heterocycles. The lowest BCUT2D eigenvalue weighted by atomic mass is 9.81. The lowest BCUT2D eigenvalue weighted by Gasteiger charge is -2.45. The van der Waals surface area contributed by atoms with Crippen molar-refractivity contribution in [3.63, 3.8) is 0 Å². The molecule has 3 nitrogen and oxygen atoms in total. The summed E-state index contributed by atoms with van der Waals surface area (Å²) >= 11 is 6.22. The van der Waals surface area contributed by atoms with Crippen LogP contribution in [0.4, 0.5) is 0 Å². The van der Waals surface area contributed by atoms with Gasteiger partial charge in [0.1, 0.15) is 6.17 Å². The highest BCUT2D eigenvalue weighted by Crippen LogP contribution is 2.39. The predicted octanol–water partition coefficient (Wildman–Crippen LogP) is 3.43. The van der Waals surface area contributed by atoms with Crippen LogP contribution in [0.25, 0.3) is 0 Å². The van der Waals surface area contributed by atoms with Crippen LogP contribution in [0.15, 0.2) is 11.6 Å². The fourth-order valence-electron chi connectivity index (χ4n) is 5.05. The smallest absolute Gasteiger partial charge is 0.226 e. The highest BCUT2D eigenvalue weighted by atomic mass is 35.5. The molecular formula is C18H27ClN2O. The molecule has 4 aliphatic rings. The Morgan fingerprint density at radius 3 is 2.68 bits per heavy atom. The van der Waals surface area contributed by atoms with Crippen molar-refractivity contribution in [1.82, 2.24) is 10.2 Å². The van der Waals surface area contributed by atoms with Gasteiger partial charge in [0.15, 0.2) is 0 Å². The van der Waals surface area contributed by atoms with E-state index in [2.05, 4.69) is 16.3 Å². The molecule has 2 aliphatic carbocycles. The molecule has 4 fully saturated rings. The Balaban J connectivity index is 1.49. The third kappa shape index (κ3) is 2.71. The van der Waals surface area contributed by atoms with Gasteiger partial charge in [0, 0.05) is 18.0 Å². The van der Waals surface area contributed by atoms with Crippen LogP contribution in [0.5, 0.6) is 0 Å². The Hall–Kier alpha value is -0.540. The van der Waals surface area contributed by atoms with E-state index in [9.17, 15) is 4.79 Å². The van der Waals surface area contributed by atoms with Gasteiger partial charge in [0.2, 0.25) is 5.91 Å². The van der Waals surface area contributed by atoms with E-state index >= 15 is 0 Å². The van der Waals surface area contributed by atoms with Gasteiger partial charge in [-0.1, -0.05) is 18.9 Å². The molecule has 2 aliphatic heterocycles. The van der Waals surface area contributed by atoms with Crippen molar-refractivity contribution in [2.75, 3.05) is 6.54 Å². The van der Waals surface area contributed by atoms with Gasteiger partial charge in [-0.25, -0.2) is 0 Å². The number of nitrogens with zero attached hydrogens (tertiary/aromatic N) is 1. The molecule has 1 N–H and O–H groups in total. The maximum atomic E-state index is 12.5. The number of fused-ring (bicyclic) bond motifs is 3. The number of carbonyl (C=O) groups excluding carboxylic acids is 1. The molecule has 2 heterocycles. The first-order chi connectivity index (χ1) is 10.7. The molecule has 0 spiro atoms. The van der Waals surface area contributed by atoms with Crippen LogP contribution >= 0.6 is 11.6 Å². The minimum atomic E-state index is 0.195. The second-order valence-electron chi connectivity index (χ2n) is 7.61. The summed E-state index contributed by atoms with van der Waals surface area (Å²) in [5.74, 6) is 1.23. The number of allylic oxidation sites excluding steroid dienone is 1. The van der Waals surface area contributed by atoms with Crippen LogP contribution in [0.1, 0.15) is 57.8 Å². The molecule has 0 aromatic rings. The standard InChI is InChI=1S/C18H27ClN2O/c19-14-7-5-12(6-8-14)11-13-9-10-21-16-4-2-1-3-15(16)18(22)20-17(13)21/h11-12,14-17H,1-10H2,(H,20,22)/b13-11+. The monoisotopic (exact) mass is 322 g/mol. The molecule has 4 heteroatoms. The van der Waals surface area contributed by atoms with Crippen LogP contribution in [-0.2, 0) is 4.79 Å². The molecule has 0 radical (unpaired) electrons. The molecule has 22 heavy (non-hydrogen) atoms. The highest BCUT2D eigenvalue weighted by molar-refractivity contribution is 6.20. The van der Waals surface area contributed by atoms with E-state index in [0.29, 0.717) is 23.2 Å². The molecule has 0 aromatic carbocycles. The van der Waals surface area contributed by atoms with Crippen molar-refractivity contribution in [2.45, 2.75) is 75.4 Å². The fourth-order valence-corrected chi connectivity index (χ4v) is 5.30. The van der Waals surface area contributed by atoms with Crippen LogP contribution < -0.4 is 5.32 Å². The lowest BCUT2D eigenvalue weighted by Crippen LogP contribution is -2.61. The number of halogens is 1. The maximum absolute atomic E-state index is 12.5. The summed E-state index contributed by atoms with van der Waals surface area (Å²) in [5, 5.41) is 3.70. The van der Waals surface area contributed by atoms with E-state index < -0.39 is 0 Å². The highest BCUT2D eigenvalue weighted by Gasteiger charge is 2.46. The van der Waals surface area contributed by atoms with Gasteiger partial charge in [-0.05, 0) is 56.4 Å². The number of alkyl halides is 1. The molecule has 122 valence electrons. The average molecular weight is 323 g/mol. The number of nitrogens with one attached hydrogen (secondary N) is 1. The van der Waals surface area contributed by atoms with Gasteiger partial charge in [0.25, 0.3) is 0 Å². The van der Waals surface area contributed by atoms with Crippen LogP contribution in [0.2, 0.25) is 0 Å². The number of amides is 1. The minimum absolute atomic E-state index is 0.195. The second kappa shape index (κ2) is 6.16. The molecule has 1 amide bonds. The summed E-state index contributed by atoms with van der Waals surface area (Å²) < 4.78 is 0. The zero-order chi connectivity index (χ0) is 15.1. The second-order valence-corrected chi connectivity index (χ2v) is 8.23. The Morgan fingerprint density at radius 2 is 1.86 bits per heavy atom. The molecule has 3 atom stereocenters. The van der Waals surface area contributed by atoms with E-state index in [-0.39, 0.29) is 12.1 Å².